The van der Waals surface area contributed by atoms with Crippen LogP contribution in [0.2, 0.25) is 0 Å². The van der Waals surface area contributed by atoms with Crippen molar-refractivity contribution in [2.45, 2.75) is 0 Å². The minimum Gasteiger partial charge on any atom is -0.493 e. The van der Waals surface area contributed by atoms with Crippen LogP contribution in [-0.4, -0.2) is 39.2 Å². The molecule has 2 N–H and O–H groups in total. The van der Waals surface area contributed by atoms with Crippen LogP contribution < -0.4 is 25.0 Å². The fourth-order valence-corrected chi connectivity index (χ4v) is 1.68. The Labute approximate surface area is 129 Å². The third-order valence-electron chi connectivity index (χ3n) is 2.47. The van der Waals surface area contributed by atoms with Gasteiger partial charge in [0, 0.05) is 12.1 Å². The summed E-state index contributed by atoms with van der Waals surface area (Å²) in [7, 11) is 4.68. The summed E-state index contributed by atoms with van der Waals surface area (Å²) in [4.78, 5) is 0. The molecule has 0 heterocycles. The van der Waals surface area contributed by atoms with E-state index in [1.807, 2.05) is 0 Å². The molecule has 0 fully saturated rings. The first-order valence-electron chi connectivity index (χ1n) is 6.14. The van der Waals surface area contributed by atoms with Crippen LogP contribution in [-0.2, 0) is 0 Å². The molecular formula is C14H19N3O3S. The van der Waals surface area contributed by atoms with Crippen molar-refractivity contribution in [1.82, 2.24) is 10.7 Å². The van der Waals surface area contributed by atoms with Crippen molar-refractivity contribution in [3.63, 3.8) is 0 Å². The SMILES string of the molecule is C=CCNC(=S)N/N=C/c1cc(OC)c(OC)c(OC)c1. The molecule has 0 aliphatic carbocycles. The van der Waals surface area contributed by atoms with Crippen LogP contribution in [0.15, 0.2) is 29.9 Å². The van der Waals surface area contributed by atoms with Gasteiger partial charge in [0.15, 0.2) is 16.6 Å². The van der Waals surface area contributed by atoms with Crippen LogP contribution in [0, 0.1) is 0 Å². The van der Waals surface area contributed by atoms with Crippen LogP contribution in [0.1, 0.15) is 5.56 Å². The number of rotatable bonds is 7. The Kier molecular flexibility index (Phi) is 7.03. The molecule has 6 nitrogen and oxygen atoms in total. The van der Waals surface area contributed by atoms with E-state index in [0.717, 1.165) is 5.56 Å². The first-order valence-corrected chi connectivity index (χ1v) is 6.54. The second kappa shape index (κ2) is 8.80. The van der Waals surface area contributed by atoms with Gasteiger partial charge in [-0.2, -0.15) is 5.10 Å². The summed E-state index contributed by atoms with van der Waals surface area (Å²) in [6.45, 7) is 4.16. The van der Waals surface area contributed by atoms with Gasteiger partial charge in [0.2, 0.25) is 5.75 Å². The first kappa shape index (κ1) is 16.8. The molecule has 1 rings (SSSR count). The van der Waals surface area contributed by atoms with E-state index in [2.05, 4.69) is 22.4 Å². The number of benzene rings is 1. The molecule has 1 aromatic rings. The Morgan fingerprint density at radius 3 is 2.33 bits per heavy atom. The summed E-state index contributed by atoms with van der Waals surface area (Å²) in [5, 5.41) is 7.35. The zero-order chi connectivity index (χ0) is 15.7. The summed E-state index contributed by atoms with van der Waals surface area (Å²) < 4.78 is 15.8. The van der Waals surface area contributed by atoms with Gasteiger partial charge in [-0.15, -0.1) is 6.58 Å². The van der Waals surface area contributed by atoms with Crippen LogP contribution in [0.25, 0.3) is 0 Å². The molecule has 7 heteroatoms. The molecule has 114 valence electrons. The lowest BCUT2D eigenvalue weighted by Gasteiger charge is -2.12. The largest absolute Gasteiger partial charge is 0.493 e. The zero-order valence-corrected chi connectivity index (χ0v) is 13.1. The number of methoxy groups -OCH3 is 3. The average Bonchev–Trinajstić information content (AvgIpc) is 2.51. The Morgan fingerprint density at radius 1 is 1.24 bits per heavy atom. The smallest absolute Gasteiger partial charge is 0.203 e. The average molecular weight is 309 g/mol. The first-order chi connectivity index (χ1) is 10.2. The molecule has 0 saturated heterocycles. The lowest BCUT2D eigenvalue weighted by atomic mass is 10.2. The van der Waals surface area contributed by atoms with Crippen molar-refractivity contribution < 1.29 is 14.2 Å². The highest BCUT2D eigenvalue weighted by atomic mass is 32.1. The maximum absolute atomic E-state index is 5.26. The molecule has 0 aromatic heterocycles. The van der Waals surface area contributed by atoms with Crippen molar-refractivity contribution in [2.24, 2.45) is 5.10 Å². The normalized spacial score (nSPS) is 10.0. The summed E-state index contributed by atoms with van der Waals surface area (Å²) >= 11 is 5.02. The number of nitrogens with zero attached hydrogens (tertiary/aromatic N) is 1. The predicted molar refractivity (Wildman–Crippen MR) is 87.6 cm³/mol. The number of nitrogens with one attached hydrogen (secondary N) is 2. The standard InChI is InChI=1S/C14H19N3O3S/c1-5-6-15-14(21)17-16-9-10-7-11(18-2)13(20-4)12(8-10)19-3/h5,7-9H,1,6H2,2-4H3,(H2,15,17,21)/b16-9+. The van der Waals surface area contributed by atoms with Crippen LogP contribution >= 0.6 is 12.2 Å². The number of thiocarbonyl (C=S) groups is 1. The lowest BCUT2D eigenvalue weighted by Crippen LogP contribution is -2.31. The Balaban J connectivity index is 2.83. The van der Waals surface area contributed by atoms with Gasteiger partial charge in [-0.3, -0.25) is 5.43 Å². The lowest BCUT2D eigenvalue weighted by molar-refractivity contribution is 0.324. The van der Waals surface area contributed by atoms with E-state index < -0.39 is 0 Å². The molecule has 21 heavy (non-hydrogen) atoms. The molecule has 0 radical (unpaired) electrons. The topological polar surface area (TPSA) is 64.1 Å². The molecule has 0 bridgehead atoms. The number of hydrazone groups is 1. The summed E-state index contributed by atoms with van der Waals surface area (Å²) in [5.74, 6) is 1.66. The van der Waals surface area contributed by atoms with Crippen molar-refractivity contribution in [3.8, 4) is 17.2 Å². The van der Waals surface area contributed by atoms with E-state index in [4.69, 9.17) is 26.4 Å². The second-order valence-corrected chi connectivity index (χ2v) is 4.24. The summed E-state index contributed by atoms with van der Waals surface area (Å²) in [6, 6.07) is 3.57. The fourth-order valence-electron chi connectivity index (χ4n) is 1.55. The maximum atomic E-state index is 5.26. The van der Waals surface area contributed by atoms with E-state index in [0.29, 0.717) is 28.9 Å². The molecule has 0 saturated carbocycles. The highest BCUT2D eigenvalue weighted by Gasteiger charge is 2.12. The van der Waals surface area contributed by atoms with Gasteiger partial charge in [0.05, 0.1) is 27.5 Å². The van der Waals surface area contributed by atoms with Crippen molar-refractivity contribution in [3.05, 3.63) is 30.4 Å². The third kappa shape index (κ3) is 4.96. The van der Waals surface area contributed by atoms with Crippen molar-refractivity contribution in [1.29, 1.82) is 0 Å². The predicted octanol–water partition coefficient (Wildman–Crippen LogP) is 1.70. The van der Waals surface area contributed by atoms with E-state index in [1.165, 1.54) is 0 Å². The summed E-state index contributed by atoms with van der Waals surface area (Å²) in [5.41, 5.74) is 3.48. The Bertz CT molecular complexity index is 507. The van der Waals surface area contributed by atoms with Gasteiger partial charge in [-0.1, -0.05) is 6.08 Å². The van der Waals surface area contributed by atoms with Crippen molar-refractivity contribution >= 4 is 23.5 Å². The number of hydrogen-bond acceptors (Lipinski definition) is 5. The van der Waals surface area contributed by atoms with Gasteiger partial charge in [0.25, 0.3) is 0 Å². The maximum Gasteiger partial charge on any atom is 0.203 e. The molecule has 0 aliphatic rings. The molecule has 0 atom stereocenters. The van der Waals surface area contributed by atoms with Crippen LogP contribution in [0.3, 0.4) is 0 Å². The quantitative estimate of drug-likeness (QED) is 0.346. The van der Waals surface area contributed by atoms with Gasteiger partial charge < -0.3 is 19.5 Å². The third-order valence-corrected chi connectivity index (χ3v) is 2.71. The van der Waals surface area contributed by atoms with E-state index in [1.54, 1.807) is 45.8 Å². The van der Waals surface area contributed by atoms with Gasteiger partial charge in [-0.05, 0) is 24.4 Å². The van der Waals surface area contributed by atoms with E-state index in [-0.39, 0.29) is 0 Å². The molecule has 0 unspecified atom stereocenters. The van der Waals surface area contributed by atoms with Crippen molar-refractivity contribution in [2.75, 3.05) is 27.9 Å². The minimum atomic E-state index is 0.415. The highest BCUT2D eigenvalue weighted by Crippen LogP contribution is 2.37. The summed E-state index contributed by atoms with van der Waals surface area (Å²) in [6.07, 6.45) is 3.31. The van der Waals surface area contributed by atoms with Gasteiger partial charge in [0.1, 0.15) is 0 Å². The zero-order valence-electron chi connectivity index (χ0n) is 12.3. The highest BCUT2D eigenvalue weighted by molar-refractivity contribution is 7.80. The monoisotopic (exact) mass is 309 g/mol. The molecule has 0 amide bonds. The van der Waals surface area contributed by atoms with Gasteiger partial charge in [-0.25, -0.2) is 0 Å². The number of ether oxygens (including phenoxy) is 3. The van der Waals surface area contributed by atoms with E-state index >= 15 is 0 Å². The molecule has 0 spiro atoms. The minimum absolute atomic E-state index is 0.415. The number of hydrogen-bond donors (Lipinski definition) is 2. The fraction of sp³-hybridized carbons (Fsp3) is 0.286. The second-order valence-electron chi connectivity index (χ2n) is 3.83. The Morgan fingerprint density at radius 2 is 1.86 bits per heavy atom. The van der Waals surface area contributed by atoms with Crippen LogP contribution in [0.4, 0.5) is 0 Å². The molecule has 1 aromatic carbocycles. The molecular weight excluding hydrogens is 290 g/mol. The van der Waals surface area contributed by atoms with Crippen LogP contribution in [0.5, 0.6) is 17.2 Å². The van der Waals surface area contributed by atoms with E-state index in [9.17, 15) is 0 Å². The Hall–Kier alpha value is -2.28. The van der Waals surface area contributed by atoms with Gasteiger partial charge >= 0.3 is 0 Å². The molecule has 0 aliphatic heterocycles.